The highest BCUT2D eigenvalue weighted by molar-refractivity contribution is 5.84. The second-order valence-electron chi connectivity index (χ2n) is 7.13. The first kappa shape index (κ1) is 16.8. The molecule has 2 N–H and O–H groups in total. The number of hydrogen-bond donors (Lipinski definition) is 2. The minimum Gasteiger partial charge on any atom is -0.444 e. The van der Waals surface area contributed by atoms with Crippen LogP contribution in [0.15, 0.2) is 24.3 Å². The van der Waals surface area contributed by atoms with Crippen LogP contribution in [0.4, 0.5) is 10.5 Å². The molecular weight excluding hydrogens is 276 g/mol. The number of benzene rings is 1. The molecule has 0 bridgehead atoms. The topological polar surface area (TPSA) is 50.4 Å². The Bertz CT molecular complexity index is 485. The highest BCUT2D eigenvalue weighted by atomic mass is 16.6. The Balaban J connectivity index is 1.93. The largest absolute Gasteiger partial charge is 0.444 e. The van der Waals surface area contributed by atoms with E-state index in [1.807, 2.05) is 32.9 Å². The van der Waals surface area contributed by atoms with Gasteiger partial charge in [-0.15, -0.1) is 0 Å². The van der Waals surface area contributed by atoms with Gasteiger partial charge in [0.05, 0.1) is 0 Å². The van der Waals surface area contributed by atoms with Crippen molar-refractivity contribution in [2.24, 2.45) is 5.92 Å². The Kier molecular flexibility index (Phi) is 5.46. The zero-order valence-electron chi connectivity index (χ0n) is 14.1. The minimum absolute atomic E-state index is 0.411. The molecule has 22 heavy (non-hydrogen) atoms. The van der Waals surface area contributed by atoms with E-state index in [0.717, 1.165) is 24.7 Å². The van der Waals surface area contributed by atoms with Gasteiger partial charge in [0, 0.05) is 5.69 Å². The maximum atomic E-state index is 11.8. The van der Waals surface area contributed by atoms with E-state index < -0.39 is 11.7 Å². The number of ether oxygens (including phenoxy) is 1. The van der Waals surface area contributed by atoms with Crippen molar-refractivity contribution >= 4 is 11.8 Å². The average molecular weight is 304 g/mol. The molecule has 1 aromatic carbocycles. The van der Waals surface area contributed by atoms with Crippen molar-refractivity contribution in [1.82, 2.24) is 5.32 Å². The second-order valence-corrected chi connectivity index (χ2v) is 7.13. The fraction of sp³-hybridized carbons (Fsp3) is 0.611. The third kappa shape index (κ3) is 5.02. The molecule has 0 saturated carbocycles. The van der Waals surface area contributed by atoms with Gasteiger partial charge in [0.2, 0.25) is 0 Å². The van der Waals surface area contributed by atoms with E-state index in [1.54, 1.807) is 0 Å². The lowest BCUT2D eigenvalue weighted by atomic mass is 9.82. The quantitative estimate of drug-likeness (QED) is 0.882. The summed E-state index contributed by atoms with van der Waals surface area (Å²) in [7, 11) is 0. The Morgan fingerprint density at radius 1 is 1.23 bits per heavy atom. The Morgan fingerprint density at radius 2 is 1.82 bits per heavy atom. The lowest BCUT2D eigenvalue weighted by Gasteiger charge is -2.28. The SMILES string of the molecule is CC(c1ccc(NC(=O)OC(C)(C)C)cc1)C1CCNCC1. The number of amides is 1. The monoisotopic (exact) mass is 304 g/mol. The predicted molar refractivity (Wildman–Crippen MR) is 90.3 cm³/mol. The average Bonchev–Trinajstić information content (AvgIpc) is 2.46. The van der Waals surface area contributed by atoms with Crippen molar-refractivity contribution < 1.29 is 9.53 Å². The van der Waals surface area contributed by atoms with E-state index in [2.05, 4.69) is 29.7 Å². The van der Waals surface area contributed by atoms with Crippen molar-refractivity contribution in [3.8, 4) is 0 Å². The molecule has 1 aliphatic rings. The lowest BCUT2D eigenvalue weighted by molar-refractivity contribution is 0.0636. The van der Waals surface area contributed by atoms with E-state index in [0.29, 0.717) is 5.92 Å². The molecule has 0 spiro atoms. The number of piperidine rings is 1. The maximum Gasteiger partial charge on any atom is 0.412 e. The third-order valence-electron chi connectivity index (χ3n) is 4.17. The van der Waals surface area contributed by atoms with Crippen LogP contribution in [0.3, 0.4) is 0 Å². The Morgan fingerprint density at radius 3 is 2.36 bits per heavy atom. The van der Waals surface area contributed by atoms with Gasteiger partial charge in [-0.25, -0.2) is 4.79 Å². The summed E-state index contributed by atoms with van der Waals surface area (Å²) < 4.78 is 5.26. The molecule has 1 unspecified atom stereocenters. The summed E-state index contributed by atoms with van der Waals surface area (Å²) in [6.07, 6.45) is 2.06. The molecule has 1 amide bonds. The van der Waals surface area contributed by atoms with Crippen molar-refractivity contribution in [2.75, 3.05) is 18.4 Å². The Labute approximate surface area is 133 Å². The molecule has 0 aromatic heterocycles. The normalized spacial score (nSPS) is 17.8. The van der Waals surface area contributed by atoms with Gasteiger partial charge in [-0.2, -0.15) is 0 Å². The van der Waals surface area contributed by atoms with E-state index in [9.17, 15) is 4.79 Å². The maximum absolute atomic E-state index is 11.8. The molecule has 1 aromatic rings. The number of nitrogens with one attached hydrogen (secondary N) is 2. The van der Waals surface area contributed by atoms with Crippen LogP contribution in [-0.2, 0) is 4.74 Å². The summed E-state index contributed by atoms with van der Waals surface area (Å²) in [4.78, 5) is 11.8. The van der Waals surface area contributed by atoms with E-state index in [1.165, 1.54) is 18.4 Å². The number of carbonyl (C=O) groups excluding carboxylic acids is 1. The van der Waals surface area contributed by atoms with Crippen LogP contribution in [-0.4, -0.2) is 24.8 Å². The highest BCUT2D eigenvalue weighted by Crippen LogP contribution is 2.31. The highest BCUT2D eigenvalue weighted by Gasteiger charge is 2.21. The minimum atomic E-state index is -0.479. The van der Waals surface area contributed by atoms with Gasteiger partial charge < -0.3 is 10.1 Å². The van der Waals surface area contributed by atoms with Crippen molar-refractivity contribution in [1.29, 1.82) is 0 Å². The van der Waals surface area contributed by atoms with E-state index in [4.69, 9.17) is 4.74 Å². The van der Waals surface area contributed by atoms with Crippen LogP contribution in [0.1, 0.15) is 52.0 Å². The first-order valence-electron chi connectivity index (χ1n) is 8.16. The van der Waals surface area contributed by atoms with Crippen LogP contribution >= 0.6 is 0 Å². The molecule has 1 saturated heterocycles. The zero-order chi connectivity index (χ0) is 16.2. The van der Waals surface area contributed by atoms with Gasteiger partial charge in [-0.1, -0.05) is 19.1 Å². The molecule has 2 rings (SSSR count). The summed E-state index contributed by atoms with van der Waals surface area (Å²) in [6, 6.07) is 8.13. The van der Waals surface area contributed by atoms with Crippen molar-refractivity contribution in [2.45, 2.75) is 52.1 Å². The summed E-state index contributed by atoms with van der Waals surface area (Å²) in [6.45, 7) is 10.1. The molecule has 1 heterocycles. The standard InChI is InChI=1S/C18H28N2O2/c1-13(15-9-11-19-12-10-15)14-5-7-16(8-6-14)20-17(21)22-18(2,3)4/h5-8,13,15,19H,9-12H2,1-4H3,(H,20,21). The number of carbonyl (C=O) groups is 1. The van der Waals surface area contributed by atoms with Crippen molar-refractivity contribution in [3.63, 3.8) is 0 Å². The number of hydrogen-bond acceptors (Lipinski definition) is 3. The molecule has 4 nitrogen and oxygen atoms in total. The Hall–Kier alpha value is -1.55. The van der Waals surface area contributed by atoms with Gasteiger partial charge in [0.1, 0.15) is 5.60 Å². The fourth-order valence-electron chi connectivity index (χ4n) is 2.91. The zero-order valence-corrected chi connectivity index (χ0v) is 14.1. The fourth-order valence-corrected chi connectivity index (χ4v) is 2.91. The molecule has 1 aliphatic heterocycles. The van der Waals surface area contributed by atoms with E-state index >= 15 is 0 Å². The first-order valence-corrected chi connectivity index (χ1v) is 8.16. The molecule has 4 heteroatoms. The van der Waals surface area contributed by atoms with Gasteiger partial charge in [0.25, 0.3) is 0 Å². The van der Waals surface area contributed by atoms with Gasteiger partial charge in [0.15, 0.2) is 0 Å². The molecular formula is C18H28N2O2. The third-order valence-corrected chi connectivity index (χ3v) is 4.17. The summed E-state index contributed by atoms with van der Waals surface area (Å²) in [5.41, 5.74) is 1.63. The van der Waals surface area contributed by atoms with E-state index in [-0.39, 0.29) is 0 Å². The van der Waals surface area contributed by atoms with Crippen LogP contribution in [0, 0.1) is 5.92 Å². The van der Waals surface area contributed by atoms with Crippen LogP contribution in [0.25, 0.3) is 0 Å². The van der Waals surface area contributed by atoms with Gasteiger partial charge in [-0.3, -0.25) is 5.32 Å². The molecule has 122 valence electrons. The smallest absolute Gasteiger partial charge is 0.412 e. The molecule has 1 fully saturated rings. The molecule has 0 aliphatic carbocycles. The molecule has 0 radical (unpaired) electrons. The van der Waals surface area contributed by atoms with Crippen LogP contribution < -0.4 is 10.6 Å². The van der Waals surface area contributed by atoms with Crippen LogP contribution in [0.2, 0.25) is 0 Å². The molecule has 1 atom stereocenters. The lowest BCUT2D eigenvalue weighted by Crippen LogP contribution is -2.30. The van der Waals surface area contributed by atoms with Gasteiger partial charge >= 0.3 is 6.09 Å². The summed E-state index contributed by atoms with van der Waals surface area (Å²) in [5, 5.41) is 6.18. The van der Waals surface area contributed by atoms with Gasteiger partial charge in [-0.05, 0) is 76.2 Å². The number of anilines is 1. The van der Waals surface area contributed by atoms with Crippen molar-refractivity contribution in [3.05, 3.63) is 29.8 Å². The first-order chi connectivity index (χ1) is 10.3. The predicted octanol–water partition coefficient (Wildman–Crippen LogP) is 4.14. The second kappa shape index (κ2) is 7.14. The van der Waals surface area contributed by atoms with Crippen LogP contribution in [0.5, 0.6) is 0 Å². The summed E-state index contributed by atoms with van der Waals surface area (Å²) >= 11 is 0. The summed E-state index contributed by atoms with van der Waals surface area (Å²) in [5.74, 6) is 1.29. The number of rotatable bonds is 3.